The number of hydrogen-bond donors (Lipinski definition) is 1. The van der Waals surface area contributed by atoms with E-state index in [1.165, 1.54) is 4.90 Å². The predicted octanol–water partition coefficient (Wildman–Crippen LogP) is 0.233. The summed E-state index contributed by atoms with van der Waals surface area (Å²) in [5.74, 6) is 0.928. The number of nitrogens with one attached hydrogen (secondary N) is 1. The number of hydrogen-bond acceptors (Lipinski definition) is 4. The molecule has 24 heavy (non-hydrogen) atoms. The van der Waals surface area contributed by atoms with Crippen LogP contribution in [-0.2, 0) is 4.79 Å². The van der Waals surface area contributed by atoms with Crippen molar-refractivity contribution in [1.82, 2.24) is 9.97 Å². The van der Waals surface area contributed by atoms with Gasteiger partial charge >= 0.3 is 0 Å². The number of piperazine rings is 1. The smallest absolute Gasteiger partial charge is 0.284 e. The van der Waals surface area contributed by atoms with Crippen LogP contribution in [0.15, 0.2) is 48.8 Å². The first-order valence-corrected chi connectivity index (χ1v) is 8.36. The predicted molar refractivity (Wildman–Crippen MR) is 94.3 cm³/mol. The van der Waals surface area contributed by atoms with E-state index in [9.17, 15) is 4.79 Å². The van der Waals surface area contributed by atoms with Crippen LogP contribution in [0.5, 0.6) is 0 Å². The second kappa shape index (κ2) is 7.40. The van der Waals surface area contributed by atoms with E-state index in [1.54, 1.807) is 17.3 Å². The van der Waals surface area contributed by atoms with Gasteiger partial charge in [0.1, 0.15) is 0 Å². The summed E-state index contributed by atoms with van der Waals surface area (Å²) in [5, 5.41) is 0. The summed E-state index contributed by atoms with van der Waals surface area (Å²) in [5.41, 5.74) is 0.935. The Morgan fingerprint density at radius 2 is 1.75 bits per heavy atom. The van der Waals surface area contributed by atoms with Crippen molar-refractivity contribution >= 4 is 17.5 Å². The quantitative estimate of drug-likeness (QED) is 0.874. The number of carbonyl (C=O) groups excluding carboxylic acids is 1. The molecule has 1 amide bonds. The van der Waals surface area contributed by atoms with Crippen molar-refractivity contribution in [2.75, 3.05) is 43.0 Å². The number of likely N-dealkylation sites (N-methyl/N-ethyl adjacent to an activating group) is 1. The number of benzene rings is 1. The third-order valence-corrected chi connectivity index (χ3v) is 4.70. The highest BCUT2D eigenvalue weighted by Gasteiger charge is 2.31. The second-order valence-corrected chi connectivity index (χ2v) is 6.15. The van der Waals surface area contributed by atoms with Crippen molar-refractivity contribution in [2.24, 2.45) is 0 Å². The third-order valence-electron chi connectivity index (χ3n) is 4.70. The van der Waals surface area contributed by atoms with Crippen LogP contribution in [0.4, 0.5) is 11.6 Å². The van der Waals surface area contributed by atoms with Crippen molar-refractivity contribution in [3.8, 4) is 0 Å². The summed E-state index contributed by atoms with van der Waals surface area (Å²) >= 11 is 0. The van der Waals surface area contributed by atoms with Crippen LogP contribution in [0.3, 0.4) is 0 Å². The Labute approximate surface area is 142 Å². The summed E-state index contributed by atoms with van der Waals surface area (Å²) in [6, 6.07) is 11.6. The van der Waals surface area contributed by atoms with E-state index in [0.717, 1.165) is 37.8 Å². The van der Waals surface area contributed by atoms with Gasteiger partial charge in [-0.05, 0) is 25.1 Å². The Kier molecular flexibility index (Phi) is 5.05. The molecule has 1 aliphatic rings. The zero-order chi connectivity index (χ0) is 16.9. The fourth-order valence-corrected chi connectivity index (χ4v) is 3.13. The minimum absolute atomic E-state index is 0.0611. The average Bonchev–Trinajstić information content (AvgIpc) is 2.68. The lowest BCUT2D eigenvalue weighted by atomic mass is 10.2. The maximum Gasteiger partial charge on any atom is 0.284 e. The van der Waals surface area contributed by atoms with Crippen molar-refractivity contribution in [3.63, 3.8) is 0 Å². The topological polar surface area (TPSA) is 53.8 Å². The molecule has 0 radical (unpaired) electrons. The highest BCUT2D eigenvalue weighted by Crippen LogP contribution is 2.12. The van der Waals surface area contributed by atoms with Crippen LogP contribution in [0, 0.1) is 0 Å². The van der Waals surface area contributed by atoms with Gasteiger partial charge in [0, 0.05) is 25.1 Å². The van der Waals surface area contributed by atoms with Crippen molar-refractivity contribution in [2.45, 2.75) is 13.0 Å². The SMILES string of the molecule is C[C@H](C(=O)N(C)c1ccccc1)[NH+]1CCN(c2ncccn2)CC1. The minimum Gasteiger partial charge on any atom is -0.330 e. The Hall–Kier alpha value is -2.47. The van der Waals surface area contributed by atoms with Crippen molar-refractivity contribution < 1.29 is 9.69 Å². The molecule has 1 saturated heterocycles. The molecule has 2 aromatic rings. The van der Waals surface area contributed by atoms with Crippen LogP contribution in [0.1, 0.15) is 6.92 Å². The number of nitrogens with zero attached hydrogens (tertiary/aromatic N) is 4. The Morgan fingerprint density at radius 1 is 1.12 bits per heavy atom. The molecule has 0 bridgehead atoms. The Bertz CT molecular complexity index is 656. The molecule has 126 valence electrons. The first-order valence-electron chi connectivity index (χ1n) is 8.36. The molecule has 3 rings (SSSR count). The summed E-state index contributed by atoms with van der Waals surface area (Å²) < 4.78 is 0. The second-order valence-electron chi connectivity index (χ2n) is 6.15. The summed E-state index contributed by atoms with van der Waals surface area (Å²) in [7, 11) is 1.85. The number of carbonyl (C=O) groups is 1. The van der Waals surface area contributed by atoms with Crippen LogP contribution in [-0.4, -0.2) is 55.1 Å². The monoisotopic (exact) mass is 326 g/mol. The fourth-order valence-electron chi connectivity index (χ4n) is 3.13. The third kappa shape index (κ3) is 3.54. The maximum atomic E-state index is 12.8. The normalized spacial score (nSPS) is 16.7. The van der Waals surface area contributed by atoms with E-state index in [0.29, 0.717) is 0 Å². The zero-order valence-electron chi connectivity index (χ0n) is 14.2. The zero-order valence-corrected chi connectivity index (χ0v) is 14.2. The summed E-state index contributed by atoms with van der Waals surface area (Å²) in [4.78, 5) is 26.6. The van der Waals surface area contributed by atoms with Gasteiger partial charge in [-0.25, -0.2) is 9.97 Å². The van der Waals surface area contributed by atoms with Crippen molar-refractivity contribution in [3.05, 3.63) is 48.8 Å². The lowest BCUT2D eigenvalue weighted by Gasteiger charge is -2.35. The van der Waals surface area contributed by atoms with E-state index in [1.807, 2.05) is 50.4 Å². The Balaban J connectivity index is 1.58. The number of amides is 1. The minimum atomic E-state index is -0.0611. The molecule has 1 atom stereocenters. The molecule has 1 aliphatic heterocycles. The molecule has 1 aromatic carbocycles. The molecule has 1 aromatic heterocycles. The highest BCUT2D eigenvalue weighted by molar-refractivity contribution is 5.95. The van der Waals surface area contributed by atoms with Gasteiger partial charge < -0.3 is 14.7 Å². The standard InChI is InChI=1S/C18H23N5O/c1-15(17(24)21(2)16-7-4-3-5-8-16)22-11-13-23(14-12-22)18-19-9-6-10-20-18/h3-10,15H,11-14H2,1-2H3/p+1/t15-/m1/s1. The summed E-state index contributed by atoms with van der Waals surface area (Å²) in [6.45, 7) is 5.57. The number of aromatic nitrogens is 2. The van der Waals surface area contributed by atoms with Crippen LogP contribution < -0.4 is 14.7 Å². The molecule has 1 N–H and O–H groups in total. The van der Waals surface area contributed by atoms with E-state index >= 15 is 0 Å². The molecule has 6 heteroatoms. The van der Waals surface area contributed by atoms with Crippen LogP contribution >= 0.6 is 0 Å². The fraction of sp³-hybridized carbons (Fsp3) is 0.389. The van der Waals surface area contributed by atoms with Gasteiger partial charge in [-0.3, -0.25) is 4.79 Å². The van der Waals surface area contributed by atoms with Gasteiger partial charge in [-0.1, -0.05) is 18.2 Å². The number of anilines is 2. The maximum absolute atomic E-state index is 12.8. The van der Waals surface area contributed by atoms with E-state index in [2.05, 4.69) is 14.9 Å². The lowest BCUT2D eigenvalue weighted by molar-refractivity contribution is -0.914. The molecule has 0 aliphatic carbocycles. The van der Waals surface area contributed by atoms with Gasteiger partial charge in [0.05, 0.1) is 26.2 Å². The highest BCUT2D eigenvalue weighted by atomic mass is 16.2. The van der Waals surface area contributed by atoms with Gasteiger partial charge in [-0.15, -0.1) is 0 Å². The van der Waals surface area contributed by atoms with Gasteiger partial charge in [-0.2, -0.15) is 0 Å². The number of quaternary nitrogens is 1. The molecule has 0 unspecified atom stereocenters. The first kappa shape index (κ1) is 16.4. The van der Waals surface area contributed by atoms with Gasteiger partial charge in [0.2, 0.25) is 5.95 Å². The first-order chi connectivity index (χ1) is 11.7. The van der Waals surface area contributed by atoms with Crippen molar-refractivity contribution in [1.29, 1.82) is 0 Å². The van der Waals surface area contributed by atoms with E-state index < -0.39 is 0 Å². The summed E-state index contributed by atoms with van der Waals surface area (Å²) in [6.07, 6.45) is 3.53. The average molecular weight is 326 g/mol. The lowest BCUT2D eigenvalue weighted by Crippen LogP contribution is -3.19. The molecule has 1 fully saturated rings. The van der Waals surface area contributed by atoms with Gasteiger partial charge in [0.15, 0.2) is 6.04 Å². The largest absolute Gasteiger partial charge is 0.330 e. The number of para-hydroxylation sites is 1. The van der Waals surface area contributed by atoms with Gasteiger partial charge in [0.25, 0.3) is 5.91 Å². The number of rotatable bonds is 4. The van der Waals surface area contributed by atoms with E-state index in [4.69, 9.17) is 0 Å². The molecule has 6 nitrogen and oxygen atoms in total. The van der Waals surface area contributed by atoms with Crippen LogP contribution in [0.2, 0.25) is 0 Å². The van der Waals surface area contributed by atoms with Crippen LogP contribution in [0.25, 0.3) is 0 Å². The molecular weight excluding hydrogens is 302 g/mol. The van der Waals surface area contributed by atoms with E-state index in [-0.39, 0.29) is 11.9 Å². The Morgan fingerprint density at radius 3 is 2.38 bits per heavy atom. The molecule has 0 saturated carbocycles. The molecular formula is C18H24N5O+. The molecule has 0 spiro atoms. The molecule has 2 heterocycles.